The van der Waals surface area contributed by atoms with Crippen molar-refractivity contribution in [3.63, 3.8) is 0 Å². The third-order valence-corrected chi connectivity index (χ3v) is 8.48. The van der Waals surface area contributed by atoms with Gasteiger partial charge in [-0.3, -0.25) is 4.99 Å². The maximum atomic E-state index is 15.6. The molecule has 1 heterocycles. The molecule has 0 radical (unpaired) electrons. The first kappa shape index (κ1) is 37.8. The highest BCUT2D eigenvalue weighted by Crippen LogP contribution is 2.58. The summed E-state index contributed by atoms with van der Waals surface area (Å²) in [6, 6.07) is 6.64. The van der Waals surface area contributed by atoms with Gasteiger partial charge in [-0.25, -0.2) is 4.79 Å². The molecule has 0 fully saturated rings. The van der Waals surface area contributed by atoms with Crippen LogP contribution < -0.4 is 4.90 Å². The number of allylic oxidation sites excluding steroid dienone is 1. The Kier molecular flexibility index (Phi) is 11.1. The van der Waals surface area contributed by atoms with Gasteiger partial charge in [0.25, 0.3) is 5.60 Å². The van der Waals surface area contributed by atoms with Crippen LogP contribution in [0.5, 0.6) is 0 Å². The van der Waals surface area contributed by atoms with Crippen LogP contribution in [-0.4, -0.2) is 56.5 Å². The van der Waals surface area contributed by atoms with E-state index < -0.39 is 77.3 Å². The first-order valence-electron chi connectivity index (χ1n) is 14.0. The zero-order chi connectivity index (χ0) is 35.0. The SMILES string of the molecule is CCCC1(C(F)(F)F)OC(C(CC(I)=C=O)=NC)C(C)OC(C(F)(F)F)(C(F)(F)F)c2cc(C)ccc2N(C)c2ccc(C)cc21. The van der Waals surface area contributed by atoms with Gasteiger partial charge in [0.15, 0.2) is 5.60 Å². The predicted molar refractivity (Wildman–Crippen MR) is 163 cm³/mol. The lowest BCUT2D eigenvalue weighted by molar-refractivity contribution is -0.403. The minimum atomic E-state index is -6.18. The molecule has 0 spiro atoms. The van der Waals surface area contributed by atoms with Crippen molar-refractivity contribution in [2.24, 2.45) is 4.99 Å². The van der Waals surface area contributed by atoms with Crippen molar-refractivity contribution < 1.29 is 53.8 Å². The van der Waals surface area contributed by atoms with E-state index in [0.717, 1.165) is 38.1 Å². The molecule has 0 amide bonds. The molecule has 2 aromatic carbocycles. The van der Waals surface area contributed by atoms with Gasteiger partial charge in [-0.15, -0.1) is 0 Å². The van der Waals surface area contributed by atoms with Crippen LogP contribution in [0.25, 0.3) is 0 Å². The minimum absolute atomic E-state index is 0.00480. The number of hydrogen-bond acceptors (Lipinski definition) is 5. The van der Waals surface area contributed by atoms with E-state index in [1.54, 1.807) is 0 Å². The van der Waals surface area contributed by atoms with Crippen molar-refractivity contribution in [3.05, 3.63) is 62.2 Å². The Labute approximate surface area is 274 Å². The number of hydrogen-bond donors (Lipinski definition) is 0. The van der Waals surface area contributed by atoms with Crippen molar-refractivity contribution in [2.75, 3.05) is 19.0 Å². The molecule has 5 nitrogen and oxygen atoms in total. The molecule has 0 saturated heterocycles. The van der Waals surface area contributed by atoms with Crippen LogP contribution in [-0.2, 0) is 25.5 Å². The van der Waals surface area contributed by atoms with Gasteiger partial charge in [0, 0.05) is 48.7 Å². The van der Waals surface area contributed by atoms with Crippen molar-refractivity contribution in [1.29, 1.82) is 0 Å². The topological polar surface area (TPSA) is 51.1 Å². The van der Waals surface area contributed by atoms with Gasteiger partial charge in [0.2, 0.25) is 0 Å². The van der Waals surface area contributed by atoms with Crippen LogP contribution in [0.1, 0.15) is 55.4 Å². The second-order valence-corrected chi connectivity index (χ2v) is 12.4. The number of carbonyl (C=O) groups excluding carboxylic acids is 1. The van der Waals surface area contributed by atoms with Crippen molar-refractivity contribution in [2.45, 2.75) is 88.9 Å². The smallest absolute Gasteiger partial charge is 0.349 e. The Balaban J connectivity index is 2.68. The molecule has 1 aliphatic heterocycles. The number of benzene rings is 2. The summed E-state index contributed by atoms with van der Waals surface area (Å²) >= 11 is 1.50. The van der Waals surface area contributed by atoms with E-state index in [1.807, 2.05) is 0 Å². The largest absolute Gasteiger partial charge is 0.430 e. The Bertz CT molecular complexity index is 1500. The molecule has 3 atom stereocenters. The number of aryl methyl sites for hydroxylation is 2. The highest BCUT2D eigenvalue weighted by molar-refractivity contribution is 14.1. The first-order chi connectivity index (χ1) is 21.1. The molecule has 0 saturated carbocycles. The van der Waals surface area contributed by atoms with Gasteiger partial charge in [-0.05, 0) is 61.9 Å². The van der Waals surface area contributed by atoms with Gasteiger partial charge in [-0.2, -0.15) is 39.5 Å². The Morgan fingerprint density at radius 2 is 1.41 bits per heavy atom. The van der Waals surface area contributed by atoms with E-state index in [0.29, 0.717) is 11.6 Å². The number of ether oxygens (including phenoxy) is 2. The first-order valence-corrected chi connectivity index (χ1v) is 15.1. The van der Waals surface area contributed by atoms with Gasteiger partial charge in [-0.1, -0.05) is 48.7 Å². The molecule has 0 N–H and O–H groups in total. The number of alkyl halides is 9. The van der Waals surface area contributed by atoms with Crippen LogP contribution >= 0.6 is 22.6 Å². The monoisotopic (exact) mass is 778 g/mol. The molecule has 3 unspecified atom stereocenters. The van der Waals surface area contributed by atoms with Gasteiger partial charge >= 0.3 is 18.5 Å². The molecule has 0 aromatic heterocycles. The number of aliphatic imine (C=N–C) groups is 1. The lowest BCUT2D eigenvalue weighted by atomic mass is 9.84. The Hall–Kier alpha value is -2.62. The summed E-state index contributed by atoms with van der Waals surface area (Å²) in [5.74, 6) is 1.52. The van der Waals surface area contributed by atoms with E-state index in [-0.39, 0.29) is 21.3 Å². The van der Waals surface area contributed by atoms with Crippen LogP contribution in [0.4, 0.5) is 50.9 Å². The molecule has 0 bridgehead atoms. The van der Waals surface area contributed by atoms with E-state index in [1.165, 1.54) is 67.5 Å². The maximum Gasteiger partial charge on any atom is 0.430 e. The fraction of sp³-hybridized carbons (Fsp3) is 0.516. The average molecular weight is 778 g/mol. The summed E-state index contributed by atoms with van der Waals surface area (Å²) in [4.78, 5) is 16.1. The van der Waals surface area contributed by atoms with E-state index in [4.69, 9.17) is 9.47 Å². The number of fused-ring (bicyclic) bond motifs is 2. The molecule has 15 heteroatoms. The summed E-state index contributed by atoms with van der Waals surface area (Å²) in [7, 11) is 2.16. The Morgan fingerprint density at radius 3 is 1.85 bits per heavy atom. The van der Waals surface area contributed by atoms with E-state index in [2.05, 4.69) is 4.99 Å². The third-order valence-electron chi connectivity index (χ3n) is 7.88. The lowest BCUT2D eigenvalue weighted by Gasteiger charge is -2.44. The highest BCUT2D eigenvalue weighted by atomic mass is 127. The summed E-state index contributed by atoms with van der Waals surface area (Å²) in [6.07, 6.45) is -23.7. The fourth-order valence-corrected chi connectivity index (χ4v) is 6.14. The van der Waals surface area contributed by atoms with Gasteiger partial charge in [0.1, 0.15) is 12.0 Å². The standard InChI is InChI=1S/C31H32F9IN2O3/c1-7-12-27(29(32,33)34)21-13-17(2)8-10-24(21)43(6)25-11-9-18(3)14-22(25)28(30(35,36)37,31(38,39)40)45-19(4)26(46-27)23(42-5)15-20(41)16-44/h8-11,13-14,19,26H,7,12,15H2,1-6H3. The fourth-order valence-electron chi connectivity index (χ4n) is 5.75. The highest BCUT2D eigenvalue weighted by Gasteiger charge is 2.75. The lowest BCUT2D eigenvalue weighted by Crippen LogP contribution is -2.60. The zero-order valence-electron chi connectivity index (χ0n) is 25.6. The average Bonchev–Trinajstić information content (AvgIpc) is 2.94. The molecule has 0 aliphatic carbocycles. The molecule has 3 rings (SSSR count). The minimum Gasteiger partial charge on any atom is -0.349 e. The molecule has 2 aromatic rings. The second kappa shape index (κ2) is 13.5. The van der Waals surface area contributed by atoms with Crippen molar-refractivity contribution in [3.8, 4) is 0 Å². The second-order valence-electron chi connectivity index (χ2n) is 11.1. The van der Waals surface area contributed by atoms with Crippen molar-refractivity contribution >= 4 is 45.6 Å². The summed E-state index contributed by atoms with van der Waals surface area (Å²) in [5, 5.41) is 0. The van der Waals surface area contributed by atoms with E-state index in [9.17, 15) is 4.79 Å². The summed E-state index contributed by atoms with van der Waals surface area (Å²) in [6.45, 7) is 4.97. The maximum absolute atomic E-state index is 15.6. The molecular formula is C31H32F9IN2O3. The quantitative estimate of drug-likeness (QED) is 0.132. The number of anilines is 2. The third kappa shape index (κ3) is 6.70. The summed E-state index contributed by atoms with van der Waals surface area (Å²) < 4.78 is 149. The number of halogens is 10. The van der Waals surface area contributed by atoms with Crippen LogP contribution in [0.2, 0.25) is 0 Å². The number of rotatable bonds is 5. The normalized spacial score (nSPS) is 22.8. The number of nitrogens with zero attached hydrogens (tertiary/aromatic N) is 2. The summed E-state index contributed by atoms with van der Waals surface area (Å²) in [5.41, 5.74) is -11.4. The Morgan fingerprint density at radius 1 is 0.913 bits per heavy atom. The van der Waals surface area contributed by atoms with Gasteiger partial charge in [0.05, 0.1) is 9.68 Å². The van der Waals surface area contributed by atoms with Crippen LogP contribution in [0.3, 0.4) is 0 Å². The van der Waals surface area contributed by atoms with Gasteiger partial charge < -0.3 is 14.4 Å². The molecule has 1 aliphatic rings. The molecule has 46 heavy (non-hydrogen) atoms. The zero-order valence-corrected chi connectivity index (χ0v) is 27.8. The molecule has 254 valence electrons. The predicted octanol–water partition coefficient (Wildman–Crippen LogP) is 9.36. The van der Waals surface area contributed by atoms with Crippen LogP contribution in [0, 0.1) is 13.8 Å². The van der Waals surface area contributed by atoms with Crippen molar-refractivity contribution in [1.82, 2.24) is 0 Å². The van der Waals surface area contributed by atoms with Crippen LogP contribution in [0.15, 0.2) is 45.0 Å². The molecular weight excluding hydrogens is 746 g/mol. The van der Waals surface area contributed by atoms with E-state index >= 15 is 39.5 Å².